The molecule has 6 heteroatoms. The highest BCUT2D eigenvalue weighted by molar-refractivity contribution is 5.73. The van der Waals surface area contributed by atoms with Gasteiger partial charge in [0.05, 0.1) is 6.61 Å². The summed E-state index contributed by atoms with van der Waals surface area (Å²) in [5.41, 5.74) is 5.42. The number of aryl methyl sites for hydroxylation is 2. The van der Waals surface area contributed by atoms with E-state index in [4.69, 9.17) is 19.5 Å². The molecular formula is C37H51FO5. The zero-order chi connectivity index (χ0) is 30.7. The van der Waals surface area contributed by atoms with E-state index < -0.39 is 0 Å². The summed E-state index contributed by atoms with van der Waals surface area (Å²) in [7, 11) is 1.67. The summed E-state index contributed by atoms with van der Waals surface area (Å²) in [5, 5.41) is 8.67. The van der Waals surface area contributed by atoms with E-state index in [0.717, 1.165) is 71.4 Å². The maximum Gasteiger partial charge on any atom is 0.131 e. The van der Waals surface area contributed by atoms with E-state index in [1.165, 1.54) is 44.9 Å². The lowest BCUT2D eigenvalue weighted by molar-refractivity contribution is -0.245. The molecule has 0 aromatic heterocycles. The lowest BCUT2D eigenvalue weighted by Gasteiger charge is -2.15. The minimum atomic E-state index is -0.249. The molecule has 0 bridgehead atoms. The van der Waals surface area contributed by atoms with Gasteiger partial charge in [0.15, 0.2) is 0 Å². The van der Waals surface area contributed by atoms with Crippen molar-refractivity contribution in [1.82, 2.24) is 0 Å². The summed E-state index contributed by atoms with van der Waals surface area (Å²) in [6.07, 6.45) is 13.7. The first-order valence-electron chi connectivity index (χ1n) is 16.2. The van der Waals surface area contributed by atoms with Crippen LogP contribution in [0, 0.1) is 5.82 Å². The first-order chi connectivity index (χ1) is 21.1. The Balaban J connectivity index is 1.82. The Hall–Kier alpha value is -2.93. The molecule has 0 atom stereocenters. The van der Waals surface area contributed by atoms with Gasteiger partial charge < -0.3 is 14.2 Å². The second kappa shape index (κ2) is 20.1. The van der Waals surface area contributed by atoms with Gasteiger partial charge in [-0.25, -0.2) is 9.28 Å². The molecule has 0 amide bonds. The maximum atomic E-state index is 15.7. The van der Waals surface area contributed by atoms with Crippen LogP contribution in [0.2, 0.25) is 0 Å². The van der Waals surface area contributed by atoms with Crippen LogP contribution in [0.5, 0.6) is 11.5 Å². The Labute approximate surface area is 258 Å². The van der Waals surface area contributed by atoms with Crippen molar-refractivity contribution < 1.29 is 28.7 Å². The average molecular weight is 595 g/mol. The molecule has 0 unspecified atom stereocenters. The van der Waals surface area contributed by atoms with Gasteiger partial charge in [-0.1, -0.05) is 89.5 Å². The van der Waals surface area contributed by atoms with Crippen molar-refractivity contribution in [3.63, 3.8) is 0 Å². The molecule has 3 aromatic rings. The summed E-state index contributed by atoms with van der Waals surface area (Å²) in [6.45, 7) is 5.82. The molecule has 0 spiro atoms. The van der Waals surface area contributed by atoms with E-state index in [-0.39, 0.29) is 19.0 Å². The van der Waals surface area contributed by atoms with E-state index in [1.54, 1.807) is 13.2 Å². The highest BCUT2D eigenvalue weighted by atomic mass is 19.1. The van der Waals surface area contributed by atoms with Crippen molar-refractivity contribution in [2.45, 2.75) is 90.9 Å². The minimum Gasteiger partial charge on any atom is -0.491 e. The number of halogens is 1. The molecule has 0 aliphatic rings. The highest BCUT2D eigenvalue weighted by Gasteiger charge is 2.13. The summed E-state index contributed by atoms with van der Waals surface area (Å²) in [5.74, 6) is 1.38. The van der Waals surface area contributed by atoms with Crippen LogP contribution in [0.4, 0.5) is 4.39 Å². The first kappa shape index (κ1) is 34.6. The van der Waals surface area contributed by atoms with E-state index >= 15 is 4.39 Å². The van der Waals surface area contributed by atoms with Crippen LogP contribution in [0.1, 0.15) is 89.2 Å². The summed E-state index contributed by atoms with van der Waals surface area (Å²) in [6, 6.07) is 17.5. The number of benzene rings is 3. The van der Waals surface area contributed by atoms with Crippen molar-refractivity contribution in [3.8, 4) is 33.8 Å². The van der Waals surface area contributed by atoms with Gasteiger partial charge in [-0.15, -0.1) is 0 Å². The molecule has 3 rings (SSSR count). The molecule has 3 aromatic carbocycles. The van der Waals surface area contributed by atoms with Crippen LogP contribution in [0.3, 0.4) is 0 Å². The SMILES string of the molecule is CCCCCCCc1cc(-c2ccc(-c3ccc(OCCOO)c(CCCCCCC)c3)cc2F)ccc1OCCOC. The third-order valence-corrected chi connectivity index (χ3v) is 7.81. The highest BCUT2D eigenvalue weighted by Crippen LogP contribution is 2.34. The third-order valence-electron chi connectivity index (χ3n) is 7.81. The molecule has 236 valence electrons. The number of methoxy groups -OCH3 is 1. The first-order valence-corrected chi connectivity index (χ1v) is 16.2. The molecule has 5 nitrogen and oxygen atoms in total. The molecule has 0 radical (unpaired) electrons. The van der Waals surface area contributed by atoms with Gasteiger partial charge in [0, 0.05) is 12.7 Å². The van der Waals surface area contributed by atoms with Gasteiger partial charge in [0.25, 0.3) is 0 Å². The lowest BCUT2D eigenvalue weighted by Crippen LogP contribution is -2.06. The van der Waals surface area contributed by atoms with Crippen molar-refractivity contribution in [2.24, 2.45) is 0 Å². The van der Waals surface area contributed by atoms with Gasteiger partial charge in [0.1, 0.15) is 37.1 Å². The van der Waals surface area contributed by atoms with Crippen LogP contribution in [0.25, 0.3) is 22.3 Å². The number of hydrogen-bond donors (Lipinski definition) is 1. The molecule has 0 heterocycles. The van der Waals surface area contributed by atoms with E-state index in [0.29, 0.717) is 18.8 Å². The van der Waals surface area contributed by atoms with Crippen molar-refractivity contribution in [3.05, 3.63) is 71.5 Å². The molecule has 43 heavy (non-hydrogen) atoms. The van der Waals surface area contributed by atoms with Crippen LogP contribution in [-0.2, 0) is 22.5 Å². The van der Waals surface area contributed by atoms with Gasteiger partial charge >= 0.3 is 0 Å². The monoisotopic (exact) mass is 594 g/mol. The lowest BCUT2D eigenvalue weighted by atomic mass is 9.95. The van der Waals surface area contributed by atoms with Crippen molar-refractivity contribution in [1.29, 1.82) is 0 Å². The topological polar surface area (TPSA) is 57.2 Å². The fraction of sp³-hybridized carbons (Fsp3) is 0.514. The fourth-order valence-electron chi connectivity index (χ4n) is 5.37. The Morgan fingerprint density at radius 1 is 0.581 bits per heavy atom. The van der Waals surface area contributed by atoms with Gasteiger partial charge in [-0.05, 0) is 83.8 Å². The second-order valence-corrected chi connectivity index (χ2v) is 11.2. The summed E-state index contributed by atoms with van der Waals surface area (Å²) >= 11 is 0. The number of unbranched alkanes of at least 4 members (excludes halogenated alkanes) is 8. The standard InChI is InChI=1S/C37H51FO5/c1-4-6-8-10-12-14-32-26-29(17-20-36(32)42-24-25-43-39)30-16-19-34(35(38)28-30)31-18-21-37(41-23-22-40-3)33(27-31)15-13-11-9-7-5-2/h16-21,26-28,39H,4-15,22-25H2,1-3H3. The van der Waals surface area contributed by atoms with Crippen molar-refractivity contribution in [2.75, 3.05) is 33.5 Å². The smallest absolute Gasteiger partial charge is 0.131 e. The van der Waals surface area contributed by atoms with Crippen molar-refractivity contribution >= 4 is 0 Å². The molecule has 0 saturated carbocycles. The van der Waals surface area contributed by atoms with Gasteiger partial charge in [-0.3, -0.25) is 5.26 Å². The Kier molecular flexibility index (Phi) is 16.2. The fourth-order valence-corrected chi connectivity index (χ4v) is 5.37. The summed E-state index contributed by atoms with van der Waals surface area (Å²) < 4.78 is 32.7. The zero-order valence-electron chi connectivity index (χ0n) is 26.5. The Morgan fingerprint density at radius 3 is 1.65 bits per heavy atom. The number of ether oxygens (including phenoxy) is 3. The Bertz CT molecular complexity index is 1210. The van der Waals surface area contributed by atoms with Crippen LogP contribution in [0.15, 0.2) is 54.6 Å². The Morgan fingerprint density at radius 2 is 1.09 bits per heavy atom. The molecule has 1 N–H and O–H groups in total. The second-order valence-electron chi connectivity index (χ2n) is 11.2. The van der Waals surface area contributed by atoms with E-state index in [1.807, 2.05) is 36.4 Å². The predicted octanol–water partition coefficient (Wildman–Crippen LogP) is 10.1. The molecule has 0 aliphatic heterocycles. The quantitative estimate of drug-likeness (QED) is 0.0713. The summed E-state index contributed by atoms with van der Waals surface area (Å²) in [4.78, 5) is 4.17. The molecule has 0 aliphatic carbocycles. The number of rotatable bonds is 22. The van der Waals surface area contributed by atoms with Gasteiger partial charge in [0.2, 0.25) is 0 Å². The van der Waals surface area contributed by atoms with E-state index in [2.05, 4.69) is 30.9 Å². The van der Waals surface area contributed by atoms with E-state index in [9.17, 15) is 0 Å². The molecule has 0 saturated heterocycles. The maximum absolute atomic E-state index is 15.7. The molecule has 0 fully saturated rings. The van der Waals surface area contributed by atoms with Crippen LogP contribution >= 0.6 is 0 Å². The average Bonchev–Trinajstić information content (AvgIpc) is 3.02. The van der Waals surface area contributed by atoms with Crippen LogP contribution in [-0.4, -0.2) is 38.8 Å². The molecular weight excluding hydrogens is 543 g/mol. The number of hydrogen-bond acceptors (Lipinski definition) is 5. The minimum absolute atomic E-state index is 0.102. The third kappa shape index (κ3) is 11.6. The predicted molar refractivity (Wildman–Crippen MR) is 174 cm³/mol. The van der Waals surface area contributed by atoms with Gasteiger partial charge in [-0.2, -0.15) is 0 Å². The largest absolute Gasteiger partial charge is 0.491 e. The van der Waals surface area contributed by atoms with Crippen LogP contribution < -0.4 is 9.47 Å². The normalized spacial score (nSPS) is 11.2. The zero-order valence-corrected chi connectivity index (χ0v) is 26.5.